The topological polar surface area (TPSA) is 104 Å². The van der Waals surface area contributed by atoms with Crippen LogP contribution in [0, 0.1) is 5.41 Å². The van der Waals surface area contributed by atoms with Gasteiger partial charge in [0.1, 0.15) is 6.04 Å². The van der Waals surface area contributed by atoms with E-state index in [1.54, 1.807) is 13.8 Å². The summed E-state index contributed by atoms with van der Waals surface area (Å²) in [6.45, 7) is 6.62. The van der Waals surface area contributed by atoms with Crippen LogP contribution in [0.4, 0.5) is 0 Å². The molecule has 0 aromatic rings. The maximum Gasteiger partial charge on any atom is 0.311 e. The summed E-state index contributed by atoms with van der Waals surface area (Å²) in [5, 5.41) is 12.0. The lowest BCUT2D eigenvalue weighted by Crippen LogP contribution is -2.60. The summed E-state index contributed by atoms with van der Waals surface area (Å²) in [5.41, 5.74) is -2.20. The number of hydrogen-bond acceptors (Lipinski definition) is 4. The van der Waals surface area contributed by atoms with Gasteiger partial charge in [-0.3, -0.25) is 9.59 Å². The van der Waals surface area contributed by atoms with Crippen molar-refractivity contribution in [1.82, 2.24) is 9.62 Å². The number of rotatable bonds is 5. The van der Waals surface area contributed by atoms with Gasteiger partial charge in [0.2, 0.25) is 15.9 Å². The van der Waals surface area contributed by atoms with Gasteiger partial charge in [0, 0.05) is 6.54 Å². The van der Waals surface area contributed by atoms with Crippen molar-refractivity contribution in [2.45, 2.75) is 52.1 Å². The van der Waals surface area contributed by atoms with E-state index in [1.165, 1.54) is 18.2 Å². The van der Waals surface area contributed by atoms with Crippen molar-refractivity contribution in [1.29, 1.82) is 0 Å². The van der Waals surface area contributed by atoms with Gasteiger partial charge in [-0.05, 0) is 40.5 Å². The molecule has 1 unspecified atom stereocenters. The summed E-state index contributed by atoms with van der Waals surface area (Å²) in [4.78, 5) is 23.7. The Balaban J connectivity index is 2.93. The van der Waals surface area contributed by atoms with Crippen LogP contribution in [0.5, 0.6) is 0 Å². The lowest BCUT2D eigenvalue weighted by Gasteiger charge is -2.40. The lowest BCUT2D eigenvalue weighted by molar-refractivity contribution is -0.152. The van der Waals surface area contributed by atoms with Crippen LogP contribution in [0.1, 0.15) is 40.5 Å². The Hall–Kier alpha value is -1.15. The van der Waals surface area contributed by atoms with Crippen LogP contribution in [0.2, 0.25) is 0 Å². The number of amides is 1. The minimum absolute atomic E-state index is 0.319. The number of nitrogens with zero attached hydrogens (tertiary/aromatic N) is 1. The molecular weight excluding hydrogens is 296 g/mol. The second kappa shape index (κ2) is 5.57. The number of hydrogen-bond donors (Lipinski definition) is 2. The zero-order valence-electron chi connectivity index (χ0n) is 13.1. The molecule has 122 valence electrons. The highest BCUT2D eigenvalue weighted by Crippen LogP contribution is 2.31. The summed E-state index contributed by atoms with van der Waals surface area (Å²) in [5.74, 6) is -1.48. The Morgan fingerprint density at radius 2 is 1.76 bits per heavy atom. The van der Waals surface area contributed by atoms with Crippen molar-refractivity contribution < 1.29 is 23.1 Å². The molecule has 1 aliphatic heterocycles. The average molecular weight is 320 g/mol. The molecule has 0 aromatic carbocycles. The van der Waals surface area contributed by atoms with Crippen LogP contribution in [-0.4, -0.2) is 54.1 Å². The summed E-state index contributed by atoms with van der Waals surface area (Å²) in [6, 6.07) is -0.760. The van der Waals surface area contributed by atoms with Crippen LogP contribution < -0.4 is 5.32 Å². The van der Waals surface area contributed by atoms with Gasteiger partial charge in [-0.25, -0.2) is 8.42 Å². The molecule has 7 nitrogen and oxygen atoms in total. The van der Waals surface area contributed by atoms with Crippen molar-refractivity contribution in [2.24, 2.45) is 5.41 Å². The van der Waals surface area contributed by atoms with Gasteiger partial charge in [0.05, 0.1) is 17.2 Å². The van der Waals surface area contributed by atoms with E-state index in [9.17, 15) is 23.1 Å². The van der Waals surface area contributed by atoms with Crippen molar-refractivity contribution in [2.75, 3.05) is 12.8 Å². The molecule has 1 fully saturated rings. The normalized spacial score (nSPS) is 21.3. The third-order valence-corrected chi connectivity index (χ3v) is 5.75. The summed E-state index contributed by atoms with van der Waals surface area (Å²) < 4.78 is 24.5. The second-order valence-electron chi connectivity index (χ2n) is 6.58. The van der Waals surface area contributed by atoms with Gasteiger partial charge in [-0.1, -0.05) is 0 Å². The van der Waals surface area contributed by atoms with Crippen LogP contribution >= 0.6 is 0 Å². The number of carbonyl (C=O) groups excluding carboxylic acids is 1. The van der Waals surface area contributed by atoms with E-state index in [0.717, 1.165) is 6.26 Å². The number of carboxylic acids is 1. The minimum atomic E-state index is -3.45. The van der Waals surface area contributed by atoms with E-state index in [1.807, 2.05) is 0 Å². The molecule has 1 saturated heterocycles. The molecule has 0 spiro atoms. The Morgan fingerprint density at radius 1 is 1.24 bits per heavy atom. The Labute approximate surface area is 125 Å². The second-order valence-corrected chi connectivity index (χ2v) is 8.51. The number of aliphatic carboxylic acids is 1. The van der Waals surface area contributed by atoms with Crippen LogP contribution in [-0.2, 0) is 19.6 Å². The fraction of sp³-hybridized carbons (Fsp3) is 0.846. The summed E-state index contributed by atoms with van der Waals surface area (Å²) in [7, 11) is -3.45. The van der Waals surface area contributed by atoms with Gasteiger partial charge in [-0.2, -0.15) is 4.31 Å². The zero-order chi connectivity index (χ0) is 16.6. The fourth-order valence-electron chi connectivity index (χ4n) is 2.21. The molecule has 1 rings (SSSR count). The highest BCUT2D eigenvalue weighted by Gasteiger charge is 2.46. The monoisotopic (exact) mass is 320 g/mol. The van der Waals surface area contributed by atoms with Crippen LogP contribution in [0.15, 0.2) is 0 Å². The molecule has 0 bridgehead atoms. The molecule has 21 heavy (non-hydrogen) atoms. The number of sulfonamides is 1. The van der Waals surface area contributed by atoms with Crippen LogP contribution in [0.3, 0.4) is 0 Å². The number of carbonyl (C=O) groups is 2. The first-order chi connectivity index (χ1) is 9.30. The predicted octanol–water partition coefficient (Wildman–Crippen LogP) is 0.416. The SMILES string of the molecule is CC(C)(NC(=O)C1CCCN1S(C)(=O)=O)C(C)(C)C(=O)O. The maximum atomic E-state index is 12.4. The number of carboxylic acid groups (broad SMARTS) is 1. The van der Waals surface area contributed by atoms with E-state index >= 15 is 0 Å². The van der Waals surface area contributed by atoms with E-state index < -0.39 is 38.9 Å². The van der Waals surface area contributed by atoms with E-state index in [4.69, 9.17) is 0 Å². The summed E-state index contributed by atoms with van der Waals surface area (Å²) >= 11 is 0. The van der Waals surface area contributed by atoms with E-state index in [-0.39, 0.29) is 0 Å². The van der Waals surface area contributed by atoms with Gasteiger partial charge >= 0.3 is 5.97 Å². The first-order valence-electron chi connectivity index (χ1n) is 6.83. The molecule has 2 N–H and O–H groups in total. The predicted molar refractivity (Wildman–Crippen MR) is 78.2 cm³/mol. The molecule has 1 aliphatic rings. The molecule has 1 amide bonds. The molecule has 0 radical (unpaired) electrons. The summed E-state index contributed by atoms with van der Waals surface area (Å²) in [6.07, 6.45) is 2.14. The third kappa shape index (κ3) is 3.55. The third-order valence-electron chi connectivity index (χ3n) is 4.47. The smallest absolute Gasteiger partial charge is 0.311 e. The molecule has 1 heterocycles. The number of nitrogens with one attached hydrogen (secondary N) is 1. The molecule has 0 saturated carbocycles. The molecule has 0 aromatic heterocycles. The first-order valence-corrected chi connectivity index (χ1v) is 8.68. The van der Waals surface area contributed by atoms with Crippen LogP contribution in [0.25, 0.3) is 0 Å². The molecule has 0 aliphatic carbocycles. The fourth-order valence-corrected chi connectivity index (χ4v) is 3.34. The minimum Gasteiger partial charge on any atom is -0.481 e. The van der Waals surface area contributed by atoms with Gasteiger partial charge in [0.25, 0.3) is 0 Å². The average Bonchev–Trinajstić information content (AvgIpc) is 2.76. The van der Waals surface area contributed by atoms with E-state index in [0.29, 0.717) is 19.4 Å². The largest absolute Gasteiger partial charge is 0.481 e. The highest BCUT2D eigenvalue weighted by molar-refractivity contribution is 7.88. The Bertz CT molecular complexity index is 539. The standard InChI is InChI=1S/C13H24N2O5S/c1-12(2,11(17)18)13(3,4)14-10(16)9-7-6-8-15(9)21(5,19)20/h9H,6-8H2,1-5H3,(H,14,16)(H,17,18). The lowest BCUT2D eigenvalue weighted by atomic mass is 9.74. The van der Waals surface area contributed by atoms with Gasteiger partial charge in [0.15, 0.2) is 0 Å². The molecular formula is C13H24N2O5S. The highest BCUT2D eigenvalue weighted by atomic mass is 32.2. The maximum absolute atomic E-state index is 12.4. The van der Waals surface area contributed by atoms with Crippen molar-refractivity contribution in [3.05, 3.63) is 0 Å². The van der Waals surface area contributed by atoms with Gasteiger partial charge < -0.3 is 10.4 Å². The van der Waals surface area contributed by atoms with Gasteiger partial charge in [-0.15, -0.1) is 0 Å². The molecule has 1 atom stereocenters. The van der Waals surface area contributed by atoms with Crippen molar-refractivity contribution >= 4 is 21.9 Å². The van der Waals surface area contributed by atoms with E-state index in [2.05, 4.69) is 5.32 Å². The molecule has 8 heteroatoms. The first kappa shape index (κ1) is 17.9. The zero-order valence-corrected chi connectivity index (χ0v) is 14.0. The van der Waals surface area contributed by atoms with Crippen molar-refractivity contribution in [3.63, 3.8) is 0 Å². The quantitative estimate of drug-likeness (QED) is 0.764. The Kier molecular flexibility index (Phi) is 4.74. The Morgan fingerprint density at radius 3 is 2.19 bits per heavy atom. The van der Waals surface area contributed by atoms with Crippen molar-refractivity contribution in [3.8, 4) is 0 Å².